The quantitative estimate of drug-likeness (QED) is 0.469. The van der Waals surface area contributed by atoms with E-state index in [2.05, 4.69) is 15.5 Å². The lowest BCUT2D eigenvalue weighted by Crippen LogP contribution is -2.06. The fraction of sp³-hybridized carbons (Fsp3) is 0. The third kappa shape index (κ3) is 3.15. The predicted molar refractivity (Wildman–Crippen MR) is 91.3 cm³/mol. The monoisotopic (exact) mass is 359 g/mol. The third-order valence-electron chi connectivity index (χ3n) is 3.41. The van der Waals surface area contributed by atoms with Crippen molar-refractivity contribution in [1.82, 2.24) is 10.2 Å². The molecule has 0 bridgehead atoms. The summed E-state index contributed by atoms with van der Waals surface area (Å²) in [6.07, 6.45) is 0. The summed E-state index contributed by atoms with van der Waals surface area (Å²) in [4.78, 5) is 10.1. The van der Waals surface area contributed by atoms with Gasteiger partial charge in [0, 0.05) is 17.8 Å². The molecular weight excluding hydrogens is 346 g/mol. The maximum absolute atomic E-state index is 12.8. The smallest absolute Gasteiger partial charge is 0.269 e. The lowest BCUT2D eigenvalue weighted by atomic mass is 10.3. The first-order valence-electron chi connectivity index (χ1n) is 7.05. The van der Waals surface area contributed by atoms with Crippen molar-refractivity contribution in [1.29, 1.82) is 0 Å². The van der Waals surface area contributed by atoms with Crippen LogP contribution >= 0.6 is 0 Å². The molecule has 0 fully saturated rings. The number of nitrogens with two attached hydrogens (primary N) is 1. The van der Waals surface area contributed by atoms with Crippen LogP contribution in [0.5, 0.6) is 0 Å². The first kappa shape index (κ1) is 16.5. The van der Waals surface area contributed by atoms with Crippen LogP contribution in [0.15, 0.2) is 64.4 Å². The molecule has 0 saturated heterocycles. The Bertz CT molecular complexity index is 1010. The van der Waals surface area contributed by atoms with E-state index in [9.17, 15) is 18.5 Å². The topological polar surface area (TPSA) is 144 Å². The maximum Gasteiger partial charge on any atom is 0.269 e. The Morgan fingerprint density at radius 1 is 1.08 bits per heavy atom. The summed E-state index contributed by atoms with van der Waals surface area (Å²) in [5, 5.41) is 19.8. The third-order valence-corrected chi connectivity index (χ3v) is 5.25. The minimum atomic E-state index is -3.89. The normalized spacial score (nSPS) is 11.2. The second-order valence-corrected chi connectivity index (χ2v) is 6.95. The molecule has 4 N–H and O–H groups in total. The number of benzene rings is 2. The molecule has 0 aliphatic carbocycles. The second kappa shape index (κ2) is 6.24. The molecule has 1 aromatic heterocycles. The van der Waals surface area contributed by atoms with Gasteiger partial charge in [0.25, 0.3) is 5.69 Å². The highest BCUT2D eigenvalue weighted by molar-refractivity contribution is 7.91. The van der Waals surface area contributed by atoms with Gasteiger partial charge in [0.15, 0.2) is 10.7 Å². The molecule has 25 heavy (non-hydrogen) atoms. The van der Waals surface area contributed by atoms with Crippen LogP contribution in [0.2, 0.25) is 0 Å². The molecule has 0 amide bonds. The van der Waals surface area contributed by atoms with Gasteiger partial charge in [-0.2, -0.15) is 5.10 Å². The molecule has 3 aromatic rings. The summed E-state index contributed by atoms with van der Waals surface area (Å²) < 4.78 is 25.6. The molecule has 0 unspecified atom stereocenters. The number of rotatable bonds is 5. The van der Waals surface area contributed by atoms with E-state index in [0.29, 0.717) is 5.69 Å². The molecule has 2 aromatic carbocycles. The number of anilines is 3. The zero-order valence-corrected chi connectivity index (χ0v) is 13.5. The van der Waals surface area contributed by atoms with Crippen molar-refractivity contribution >= 4 is 32.8 Å². The average Bonchev–Trinajstić information content (AvgIpc) is 2.97. The zero-order chi connectivity index (χ0) is 18.0. The highest BCUT2D eigenvalue weighted by Crippen LogP contribution is 2.32. The highest BCUT2D eigenvalue weighted by atomic mass is 32.2. The first-order chi connectivity index (χ1) is 11.9. The van der Waals surface area contributed by atoms with Crippen molar-refractivity contribution in [2.45, 2.75) is 9.79 Å². The number of sulfone groups is 1. The summed E-state index contributed by atoms with van der Waals surface area (Å²) in [6.45, 7) is 0. The Morgan fingerprint density at radius 3 is 2.32 bits per heavy atom. The van der Waals surface area contributed by atoms with Gasteiger partial charge in [0.1, 0.15) is 5.82 Å². The summed E-state index contributed by atoms with van der Waals surface area (Å²) >= 11 is 0. The van der Waals surface area contributed by atoms with Crippen LogP contribution in [0.1, 0.15) is 0 Å². The number of nitrogen functional groups attached to an aromatic ring is 1. The Kier molecular flexibility index (Phi) is 4.11. The van der Waals surface area contributed by atoms with Crippen LogP contribution in [0.25, 0.3) is 0 Å². The summed E-state index contributed by atoms with van der Waals surface area (Å²) in [5.41, 5.74) is 6.11. The number of hydrogen-bond donors (Lipinski definition) is 3. The lowest BCUT2D eigenvalue weighted by Gasteiger charge is -2.08. The molecule has 0 spiro atoms. The van der Waals surface area contributed by atoms with Crippen LogP contribution in [0, 0.1) is 10.1 Å². The number of nitrogens with zero attached hydrogens (tertiary/aromatic N) is 2. The predicted octanol–water partition coefficient (Wildman–Crippen LogP) is 2.48. The van der Waals surface area contributed by atoms with E-state index < -0.39 is 14.8 Å². The number of H-pyrrole nitrogens is 1. The molecule has 3 rings (SSSR count). The van der Waals surface area contributed by atoms with Crippen LogP contribution in [0.4, 0.5) is 23.0 Å². The van der Waals surface area contributed by atoms with Crippen molar-refractivity contribution in [2.75, 3.05) is 11.1 Å². The SMILES string of the molecule is Nc1[nH]nc(Nc2ccc([N+](=O)[O-])cc2)c1S(=O)(=O)c1ccccc1. The summed E-state index contributed by atoms with van der Waals surface area (Å²) in [6, 6.07) is 13.3. The van der Waals surface area contributed by atoms with E-state index >= 15 is 0 Å². The average molecular weight is 359 g/mol. The van der Waals surface area contributed by atoms with E-state index in [0.717, 1.165) is 0 Å². The van der Waals surface area contributed by atoms with Crippen molar-refractivity contribution in [2.24, 2.45) is 0 Å². The van der Waals surface area contributed by atoms with Crippen molar-refractivity contribution in [3.63, 3.8) is 0 Å². The van der Waals surface area contributed by atoms with Gasteiger partial charge in [-0.05, 0) is 24.3 Å². The number of aromatic nitrogens is 2. The molecule has 0 saturated carbocycles. The van der Waals surface area contributed by atoms with Gasteiger partial charge in [-0.1, -0.05) is 18.2 Å². The van der Waals surface area contributed by atoms with Crippen molar-refractivity contribution in [3.05, 3.63) is 64.7 Å². The summed E-state index contributed by atoms with van der Waals surface area (Å²) in [7, 11) is -3.89. The molecule has 0 atom stereocenters. The second-order valence-electron chi connectivity index (χ2n) is 5.06. The van der Waals surface area contributed by atoms with Gasteiger partial charge in [0.2, 0.25) is 9.84 Å². The van der Waals surface area contributed by atoms with Crippen LogP contribution < -0.4 is 11.1 Å². The Morgan fingerprint density at radius 2 is 1.72 bits per heavy atom. The minimum absolute atomic E-state index is 0.00945. The molecule has 0 aliphatic rings. The number of aromatic amines is 1. The Labute approximate surface area is 142 Å². The van der Waals surface area contributed by atoms with E-state index in [4.69, 9.17) is 5.73 Å². The summed E-state index contributed by atoms with van der Waals surface area (Å²) in [5.74, 6) is -0.0940. The molecule has 10 heteroatoms. The number of nitro benzene ring substituents is 1. The van der Waals surface area contributed by atoms with Crippen molar-refractivity contribution < 1.29 is 13.3 Å². The fourth-order valence-electron chi connectivity index (χ4n) is 2.22. The number of nitrogens with one attached hydrogen (secondary N) is 2. The van der Waals surface area contributed by atoms with E-state index in [1.165, 1.54) is 36.4 Å². The van der Waals surface area contributed by atoms with Gasteiger partial charge in [-0.3, -0.25) is 15.2 Å². The molecular formula is C15H13N5O4S. The van der Waals surface area contributed by atoms with E-state index in [1.54, 1.807) is 18.2 Å². The van der Waals surface area contributed by atoms with Gasteiger partial charge in [-0.15, -0.1) is 0 Å². The highest BCUT2D eigenvalue weighted by Gasteiger charge is 2.27. The van der Waals surface area contributed by atoms with Gasteiger partial charge in [-0.25, -0.2) is 8.42 Å². The minimum Gasteiger partial charge on any atom is -0.383 e. The van der Waals surface area contributed by atoms with E-state index in [-0.39, 0.29) is 27.1 Å². The van der Waals surface area contributed by atoms with Crippen molar-refractivity contribution in [3.8, 4) is 0 Å². The molecule has 1 heterocycles. The first-order valence-corrected chi connectivity index (χ1v) is 8.53. The van der Waals surface area contributed by atoms with Gasteiger partial charge < -0.3 is 11.1 Å². The standard InChI is InChI=1S/C15H13N5O4S/c16-14-13(25(23,24)12-4-2-1-3-5-12)15(19-18-14)17-10-6-8-11(9-7-10)20(21)22/h1-9H,(H4,16,17,18,19). The zero-order valence-electron chi connectivity index (χ0n) is 12.7. The number of hydrogen-bond acceptors (Lipinski definition) is 7. The molecule has 128 valence electrons. The Hall–Kier alpha value is -3.40. The Balaban J connectivity index is 1.99. The number of non-ortho nitro benzene ring substituents is 1. The van der Waals surface area contributed by atoms with Crippen LogP contribution in [-0.2, 0) is 9.84 Å². The lowest BCUT2D eigenvalue weighted by molar-refractivity contribution is -0.384. The number of nitro groups is 1. The molecule has 0 radical (unpaired) electrons. The maximum atomic E-state index is 12.8. The molecule has 9 nitrogen and oxygen atoms in total. The van der Waals surface area contributed by atoms with Gasteiger partial charge >= 0.3 is 0 Å². The fourth-order valence-corrected chi connectivity index (χ4v) is 3.66. The van der Waals surface area contributed by atoms with E-state index in [1.807, 2.05) is 0 Å². The molecule has 0 aliphatic heterocycles. The van der Waals surface area contributed by atoms with Gasteiger partial charge in [0.05, 0.1) is 9.82 Å². The van der Waals surface area contributed by atoms with Crippen LogP contribution in [-0.4, -0.2) is 23.5 Å². The van der Waals surface area contributed by atoms with Crippen LogP contribution in [0.3, 0.4) is 0 Å². The largest absolute Gasteiger partial charge is 0.383 e.